The van der Waals surface area contributed by atoms with Gasteiger partial charge in [0.1, 0.15) is 24.4 Å². The summed E-state index contributed by atoms with van der Waals surface area (Å²) in [6, 6.07) is -0.824. The van der Waals surface area contributed by atoms with Gasteiger partial charge in [-0.25, -0.2) is 0 Å². The normalized spacial score (nSPS) is 20.8. The van der Waals surface area contributed by atoms with E-state index in [9.17, 15) is 30.3 Å². The van der Waals surface area contributed by atoms with Crippen LogP contribution in [0.4, 0.5) is 0 Å². The number of hydrogen-bond acceptors (Lipinski definition) is 8. The Labute approximate surface area is 368 Å². The number of allylic oxidation sites excluding steroid dienone is 5. The van der Waals surface area contributed by atoms with Gasteiger partial charge in [0.2, 0.25) is 5.91 Å². The van der Waals surface area contributed by atoms with E-state index in [1.165, 1.54) is 148 Å². The number of aliphatic hydroxyl groups excluding tert-OH is 5. The van der Waals surface area contributed by atoms with Gasteiger partial charge in [-0.05, 0) is 57.8 Å². The monoisotopic (exact) mass is 850 g/mol. The van der Waals surface area contributed by atoms with Crippen LogP contribution in [0.1, 0.15) is 226 Å². The molecule has 0 aromatic carbocycles. The van der Waals surface area contributed by atoms with Crippen molar-refractivity contribution < 1.29 is 39.8 Å². The smallest absolute Gasteiger partial charge is 0.220 e. The maximum atomic E-state index is 13.0. The lowest BCUT2D eigenvalue weighted by Gasteiger charge is -2.40. The Bertz CT molecular complexity index is 1030. The first-order valence-corrected chi connectivity index (χ1v) is 25.2. The fraction of sp³-hybridized carbons (Fsp3) is 0.863. The third-order valence-electron chi connectivity index (χ3n) is 11.9. The van der Waals surface area contributed by atoms with Crippen LogP contribution in [-0.2, 0) is 14.3 Å². The zero-order chi connectivity index (χ0) is 43.7. The molecule has 1 fully saturated rings. The molecule has 0 aromatic rings. The summed E-state index contributed by atoms with van der Waals surface area (Å²) in [4.78, 5) is 13.0. The summed E-state index contributed by atoms with van der Waals surface area (Å²) in [5.41, 5.74) is 0. The Balaban J connectivity index is 2.34. The number of unbranched alkanes of at least 4 members (excludes halogenated alkanes) is 28. The quantitative estimate of drug-likeness (QED) is 0.0263. The van der Waals surface area contributed by atoms with E-state index < -0.39 is 49.5 Å². The molecule has 9 heteroatoms. The number of carbonyl (C=O) groups is 1. The SMILES string of the molecule is CCCCCCCCCCC/C=C\CCCCCCCC(=O)NC(COC1OC(CO)C(O)C(O)C1O)C(O)/C=C/CC/C=C/CCCCCCCCCCCCCCC. The van der Waals surface area contributed by atoms with Crippen molar-refractivity contribution in [3.8, 4) is 0 Å². The Kier molecular flexibility index (Phi) is 39.0. The Morgan fingerprint density at radius 3 is 1.40 bits per heavy atom. The highest BCUT2D eigenvalue weighted by molar-refractivity contribution is 5.76. The average molecular weight is 850 g/mol. The maximum absolute atomic E-state index is 13.0. The molecule has 7 atom stereocenters. The molecular formula is C51H95NO8. The van der Waals surface area contributed by atoms with E-state index in [0.29, 0.717) is 6.42 Å². The lowest BCUT2D eigenvalue weighted by atomic mass is 9.99. The summed E-state index contributed by atoms with van der Waals surface area (Å²) in [5.74, 6) is -0.194. The minimum Gasteiger partial charge on any atom is -0.394 e. The van der Waals surface area contributed by atoms with Gasteiger partial charge in [0.05, 0.1) is 25.4 Å². The number of rotatable bonds is 42. The second-order valence-electron chi connectivity index (χ2n) is 17.6. The van der Waals surface area contributed by atoms with Crippen LogP contribution in [0.5, 0.6) is 0 Å². The van der Waals surface area contributed by atoms with Crippen LogP contribution in [0, 0.1) is 0 Å². The topological polar surface area (TPSA) is 149 Å². The van der Waals surface area contributed by atoms with Gasteiger partial charge in [0.25, 0.3) is 0 Å². The van der Waals surface area contributed by atoms with E-state index in [1.54, 1.807) is 6.08 Å². The first kappa shape index (κ1) is 56.4. The Morgan fingerprint density at radius 2 is 0.950 bits per heavy atom. The summed E-state index contributed by atoms with van der Waals surface area (Å²) in [6.45, 7) is 3.76. The molecule has 0 aliphatic carbocycles. The number of carbonyl (C=O) groups excluding carboxylic acids is 1. The van der Waals surface area contributed by atoms with Crippen molar-refractivity contribution >= 4 is 5.91 Å². The highest BCUT2D eigenvalue weighted by atomic mass is 16.7. The van der Waals surface area contributed by atoms with Crippen molar-refractivity contribution in [2.75, 3.05) is 13.2 Å². The van der Waals surface area contributed by atoms with Crippen molar-refractivity contribution in [3.05, 3.63) is 36.5 Å². The summed E-state index contributed by atoms with van der Waals surface area (Å²) in [7, 11) is 0. The summed E-state index contributed by atoms with van der Waals surface area (Å²) in [5, 5.41) is 54.3. The first-order valence-electron chi connectivity index (χ1n) is 25.2. The van der Waals surface area contributed by atoms with Crippen LogP contribution in [-0.4, -0.2) is 87.5 Å². The molecule has 9 nitrogen and oxygen atoms in total. The number of hydrogen-bond donors (Lipinski definition) is 6. The standard InChI is InChI=1S/C51H95NO8/c1-3-5-7-9-11-13-15-17-19-21-23-24-26-28-30-32-34-36-38-40-45(54)44(43-59-51-50(58)49(57)48(56)46(42-53)60-51)52-47(55)41-39-37-35-33-31-29-27-25-22-20-18-16-14-12-10-8-6-4-2/h25,27,30,32,38,40,44-46,48-51,53-54,56-58H,3-24,26,28-29,31,33-37,39,41-43H2,1-2H3,(H,52,55)/b27-25-,32-30+,40-38+. The van der Waals surface area contributed by atoms with Gasteiger partial charge >= 0.3 is 0 Å². The fourth-order valence-corrected chi connectivity index (χ4v) is 7.87. The molecule has 60 heavy (non-hydrogen) atoms. The second kappa shape index (κ2) is 41.4. The zero-order valence-corrected chi connectivity index (χ0v) is 38.7. The molecule has 1 rings (SSSR count). The first-order chi connectivity index (χ1) is 29.3. The van der Waals surface area contributed by atoms with Gasteiger partial charge in [-0.3, -0.25) is 4.79 Å². The van der Waals surface area contributed by atoms with Crippen LogP contribution in [0.25, 0.3) is 0 Å². The molecule has 6 N–H and O–H groups in total. The van der Waals surface area contributed by atoms with Crippen molar-refractivity contribution in [2.45, 2.75) is 269 Å². The molecule has 1 heterocycles. The summed E-state index contributed by atoms with van der Waals surface area (Å²) < 4.78 is 11.2. The molecule has 1 aliphatic heterocycles. The van der Waals surface area contributed by atoms with Crippen molar-refractivity contribution in [1.82, 2.24) is 5.32 Å². The lowest BCUT2D eigenvalue weighted by Crippen LogP contribution is -2.60. The molecule has 0 aromatic heterocycles. The van der Waals surface area contributed by atoms with Crippen LogP contribution in [0.2, 0.25) is 0 Å². The molecule has 1 amide bonds. The molecule has 7 unspecified atom stereocenters. The number of ether oxygens (including phenoxy) is 2. The largest absolute Gasteiger partial charge is 0.394 e. The maximum Gasteiger partial charge on any atom is 0.220 e. The second-order valence-corrected chi connectivity index (χ2v) is 17.6. The fourth-order valence-electron chi connectivity index (χ4n) is 7.87. The molecule has 0 bridgehead atoms. The van der Waals surface area contributed by atoms with Gasteiger partial charge in [-0.15, -0.1) is 0 Å². The molecule has 0 radical (unpaired) electrons. The van der Waals surface area contributed by atoms with E-state index in [-0.39, 0.29) is 12.5 Å². The van der Waals surface area contributed by atoms with Crippen LogP contribution < -0.4 is 5.32 Å². The van der Waals surface area contributed by atoms with E-state index in [2.05, 4.69) is 43.5 Å². The third-order valence-corrected chi connectivity index (χ3v) is 11.9. The molecule has 352 valence electrons. The van der Waals surface area contributed by atoms with Gasteiger partial charge in [0.15, 0.2) is 6.29 Å². The zero-order valence-electron chi connectivity index (χ0n) is 38.7. The third kappa shape index (κ3) is 31.3. The van der Waals surface area contributed by atoms with E-state index in [0.717, 1.165) is 57.8 Å². The lowest BCUT2D eigenvalue weighted by molar-refractivity contribution is -0.302. The van der Waals surface area contributed by atoms with E-state index >= 15 is 0 Å². The molecular weight excluding hydrogens is 755 g/mol. The van der Waals surface area contributed by atoms with Crippen molar-refractivity contribution in [1.29, 1.82) is 0 Å². The molecule has 1 saturated heterocycles. The van der Waals surface area contributed by atoms with Crippen molar-refractivity contribution in [2.24, 2.45) is 0 Å². The van der Waals surface area contributed by atoms with Crippen LogP contribution in [0.15, 0.2) is 36.5 Å². The van der Waals surface area contributed by atoms with Crippen molar-refractivity contribution in [3.63, 3.8) is 0 Å². The predicted octanol–water partition coefficient (Wildman–Crippen LogP) is 11.2. The highest BCUT2D eigenvalue weighted by Gasteiger charge is 2.44. The molecule has 0 saturated carbocycles. The van der Waals surface area contributed by atoms with Gasteiger partial charge < -0.3 is 40.3 Å². The summed E-state index contributed by atoms with van der Waals surface area (Å²) >= 11 is 0. The predicted molar refractivity (Wildman–Crippen MR) is 249 cm³/mol. The number of nitrogens with one attached hydrogen (secondary N) is 1. The molecule has 1 aliphatic rings. The van der Waals surface area contributed by atoms with Crippen LogP contribution >= 0.6 is 0 Å². The Hall–Kier alpha value is -1.59. The summed E-state index contributed by atoms with van der Waals surface area (Å²) in [6.07, 6.45) is 44.8. The Morgan fingerprint density at radius 1 is 0.550 bits per heavy atom. The minimum atomic E-state index is -1.57. The van der Waals surface area contributed by atoms with Crippen LogP contribution in [0.3, 0.4) is 0 Å². The molecule has 0 spiro atoms. The van der Waals surface area contributed by atoms with E-state index in [1.807, 2.05) is 6.08 Å². The minimum absolute atomic E-state index is 0.194. The van der Waals surface area contributed by atoms with Gasteiger partial charge in [-0.2, -0.15) is 0 Å². The van der Waals surface area contributed by atoms with E-state index in [4.69, 9.17) is 9.47 Å². The van der Waals surface area contributed by atoms with Gasteiger partial charge in [-0.1, -0.05) is 198 Å². The average Bonchev–Trinajstić information content (AvgIpc) is 3.25. The van der Waals surface area contributed by atoms with Gasteiger partial charge in [0, 0.05) is 6.42 Å². The highest BCUT2D eigenvalue weighted by Crippen LogP contribution is 2.23. The number of amides is 1. The number of aliphatic hydroxyl groups is 5.